The van der Waals surface area contributed by atoms with Gasteiger partial charge in [0.25, 0.3) is 5.91 Å². The van der Waals surface area contributed by atoms with Gasteiger partial charge in [0.05, 0.1) is 19.8 Å². The average molecular weight is 334 g/mol. The van der Waals surface area contributed by atoms with Crippen molar-refractivity contribution in [3.05, 3.63) is 23.3 Å². The summed E-state index contributed by atoms with van der Waals surface area (Å²) < 4.78 is 10.9. The Morgan fingerprint density at radius 2 is 2.08 bits per heavy atom. The number of hydrogen-bond donors (Lipinski definition) is 1. The normalized spacial score (nSPS) is 17.8. The molecule has 0 aromatic heterocycles. The number of benzene rings is 1. The van der Waals surface area contributed by atoms with Crippen molar-refractivity contribution in [3.63, 3.8) is 0 Å². The quantitative estimate of drug-likeness (QED) is 0.794. The third kappa shape index (κ3) is 4.20. The minimum Gasteiger partial charge on any atom is -0.493 e. The fourth-order valence-corrected chi connectivity index (χ4v) is 3.47. The topological polar surface area (TPSA) is 50.8 Å². The lowest BCUT2D eigenvalue weighted by Crippen LogP contribution is -2.40. The summed E-state index contributed by atoms with van der Waals surface area (Å²) in [5, 5.41) is 3.08. The Hall–Kier alpha value is -1.75. The standard InChI is InChI=1S/C19H30N2O3/c1-5-8-14-11-16(18(24-4)17(12-14)23-3)19(22)20-13-15-9-7-10-21(15)6-2/h11-12,15H,5-10,13H2,1-4H3,(H,20,22)/t15-/m0/s1. The van der Waals surface area contributed by atoms with Crippen LogP contribution < -0.4 is 14.8 Å². The highest BCUT2D eigenvalue weighted by Crippen LogP contribution is 2.33. The number of aryl methyl sites for hydroxylation is 1. The monoisotopic (exact) mass is 334 g/mol. The molecular formula is C19H30N2O3. The van der Waals surface area contributed by atoms with E-state index in [1.807, 2.05) is 12.1 Å². The Balaban J connectivity index is 2.16. The molecule has 5 nitrogen and oxygen atoms in total. The van der Waals surface area contributed by atoms with Crippen LogP contribution >= 0.6 is 0 Å². The van der Waals surface area contributed by atoms with Crippen LogP contribution in [-0.4, -0.2) is 50.7 Å². The second-order valence-corrected chi connectivity index (χ2v) is 6.26. The minimum absolute atomic E-state index is 0.0916. The van der Waals surface area contributed by atoms with E-state index in [0.29, 0.717) is 29.6 Å². The minimum atomic E-state index is -0.0916. The number of rotatable bonds is 8. The summed E-state index contributed by atoms with van der Waals surface area (Å²) in [7, 11) is 3.18. The molecule has 0 saturated carbocycles. The van der Waals surface area contributed by atoms with Gasteiger partial charge >= 0.3 is 0 Å². The van der Waals surface area contributed by atoms with Crippen molar-refractivity contribution in [2.75, 3.05) is 33.9 Å². The molecule has 1 aliphatic rings. The maximum Gasteiger partial charge on any atom is 0.255 e. The number of likely N-dealkylation sites (N-methyl/N-ethyl adjacent to an activating group) is 1. The van der Waals surface area contributed by atoms with Crippen LogP contribution in [0, 0.1) is 0 Å². The number of likely N-dealkylation sites (tertiary alicyclic amines) is 1. The van der Waals surface area contributed by atoms with E-state index in [1.54, 1.807) is 14.2 Å². The first-order chi connectivity index (χ1) is 11.6. The number of carbonyl (C=O) groups is 1. The molecule has 1 aromatic rings. The van der Waals surface area contributed by atoms with Gasteiger partial charge < -0.3 is 14.8 Å². The van der Waals surface area contributed by atoms with Crippen LogP contribution in [0.1, 0.15) is 49.0 Å². The first-order valence-electron chi connectivity index (χ1n) is 8.91. The molecule has 1 aliphatic heterocycles. The van der Waals surface area contributed by atoms with Gasteiger partial charge in [-0.3, -0.25) is 9.69 Å². The second kappa shape index (κ2) is 8.92. The fourth-order valence-electron chi connectivity index (χ4n) is 3.47. The zero-order valence-electron chi connectivity index (χ0n) is 15.4. The Morgan fingerprint density at radius 1 is 1.29 bits per heavy atom. The average Bonchev–Trinajstić information content (AvgIpc) is 3.06. The maximum atomic E-state index is 12.7. The number of methoxy groups -OCH3 is 2. The summed E-state index contributed by atoms with van der Waals surface area (Å²) in [4.78, 5) is 15.2. The maximum absolute atomic E-state index is 12.7. The number of amides is 1. The number of nitrogens with one attached hydrogen (secondary N) is 1. The van der Waals surface area contributed by atoms with E-state index in [1.165, 1.54) is 6.42 Å². The summed E-state index contributed by atoms with van der Waals surface area (Å²) >= 11 is 0. The summed E-state index contributed by atoms with van der Waals surface area (Å²) in [5.41, 5.74) is 1.65. The molecule has 1 atom stereocenters. The van der Waals surface area contributed by atoms with Crippen LogP contribution in [0.2, 0.25) is 0 Å². The van der Waals surface area contributed by atoms with Gasteiger partial charge in [-0.2, -0.15) is 0 Å². The number of ether oxygens (including phenoxy) is 2. The highest BCUT2D eigenvalue weighted by Gasteiger charge is 2.24. The SMILES string of the molecule is CCCc1cc(OC)c(OC)c(C(=O)NC[C@@H]2CCCN2CC)c1. The molecule has 2 rings (SSSR count). The summed E-state index contributed by atoms with van der Waals surface area (Å²) in [6.07, 6.45) is 4.28. The molecule has 1 aromatic carbocycles. The van der Waals surface area contributed by atoms with Gasteiger partial charge in [-0.15, -0.1) is 0 Å². The smallest absolute Gasteiger partial charge is 0.255 e. The van der Waals surface area contributed by atoms with Crippen LogP contribution in [0.3, 0.4) is 0 Å². The van der Waals surface area contributed by atoms with Gasteiger partial charge in [-0.25, -0.2) is 0 Å². The predicted molar refractivity (Wildman–Crippen MR) is 96.1 cm³/mol. The van der Waals surface area contributed by atoms with E-state index in [4.69, 9.17) is 9.47 Å². The third-order valence-corrected chi connectivity index (χ3v) is 4.73. The third-order valence-electron chi connectivity index (χ3n) is 4.73. The van der Waals surface area contributed by atoms with Crippen LogP contribution in [0.4, 0.5) is 0 Å². The molecule has 1 N–H and O–H groups in total. The van der Waals surface area contributed by atoms with E-state index in [2.05, 4.69) is 24.1 Å². The molecular weight excluding hydrogens is 304 g/mol. The van der Waals surface area contributed by atoms with Crippen molar-refractivity contribution in [1.29, 1.82) is 0 Å². The van der Waals surface area contributed by atoms with E-state index in [9.17, 15) is 4.79 Å². The van der Waals surface area contributed by atoms with Crippen molar-refractivity contribution in [1.82, 2.24) is 10.2 Å². The largest absolute Gasteiger partial charge is 0.493 e. The molecule has 134 valence electrons. The molecule has 1 saturated heterocycles. The molecule has 1 fully saturated rings. The Morgan fingerprint density at radius 3 is 2.71 bits per heavy atom. The molecule has 24 heavy (non-hydrogen) atoms. The van der Waals surface area contributed by atoms with E-state index in [-0.39, 0.29) is 5.91 Å². The lowest BCUT2D eigenvalue weighted by atomic mass is 10.0. The zero-order valence-corrected chi connectivity index (χ0v) is 15.4. The van der Waals surface area contributed by atoms with Gasteiger partial charge in [0.1, 0.15) is 0 Å². The lowest BCUT2D eigenvalue weighted by Gasteiger charge is -2.23. The van der Waals surface area contributed by atoms with Crippen molar-refractivity contribution in [2.45, 2.75) is 45.6 Å². The Labute approximate surface area is 145 Å². The van der Waals surface area contributed by atoms with Crippen molar-refractivity contribution >= 4 is 5.91 Å². The van der Waals surface area contributed by atoms with Gasteiger partial charge in [0, 0.05) is 12.6 Å². The van der Waals surface area contributed by atoms with Crippen LogP contribution in [0.25, 0.3) is 0 Å². The van der Waals surface area contributed by atoms with Crippen molar-refractivity contribution in [3.8, 4) is 11.5 Å². The molecule has 0 unspecified atom stereocenters. The molecule has 0 aliphatic carbocycles. The number of hydrogen-bond acceptors (Lipinski definition) is 4. The van der Waals surface area contributed by atoms with Gasteiger partial charge in [0.15, 0.2) is 11.5 Å². The molecule has 0 radical (unpaired) electrons. The second-order valence-electron chi connectivity index (χ2n) is 6.26. The molecule has 0 bridgehead atoms. The molecule has 1 amide bonds. The number of carbonyl (C=O) groups excluding carboxylic acids is 1. The summed E-state index contributed by atoms with van der Waals surface area (Å²) in [5.74, 6) is 1.03. The van der Waals surface area contributed by atoms with Gasteiger partial charge in [0.2, 0.25) is 0 Å². The molecule has 1 heterocycles. The fraction of sp³-hybridized carbons (Fsp3) is 0.632. The summed E-state index contributed by atoms with van der Waals surface area (Å²) in [6, 6.07) is 4.31. The Bertz CT molecular complexity index is 560. The van der Waals surface area contributed by atoms with E-state index < -0.39 is 0 Å². The Kier molecular flexibility index (Phi) is 6.91. The van der Waals surface area contributed by atoms with E-state index in [0.717, 1.165) is 37.9 Å². The van der Waals surface area contributed by atoms with E-state index >= 15 is 0 Å². The molecule has 0 spiro atoms. The summed E-state index contributed by atoms with van der Waals surface area (Å²) in [6.45, 7) is 7.12. The lowest BCUT2D eigenvalue weighted by molar-refractivity contribution is 0.0937. The highest BCUT2D eigenvalue weighted by molar-refractivity contribution is 5.98. The number of nitrogens with zero attached hydrogens (tertiary/aromatic N) is 1. The van der Waals surface area contributed by atoms with Crippen LogP contribution in [0.15, 0.2) is 12.1 Å². The first-order valence-corrected chi connectivity index (χ1v) is 8.91. The highest BCUT2D eigenvalue weighted by atomic mass is 16.5. The first kappa shape index (κ1) is 18.6. The van der Waals surface area contributed by atoms with Crippen LogP contribution in [0.5, 0.6) is 11.5 Å². The van der Waals surface area contributed by atoms with Crippen molar-refractivity contribution in [2.24, 2.45) is 0 Å². The van der Waals surface area contributed by atoms with Crippen molar-refractivity contribution < 1.29 is 14.3 Å². The van der Waals surface area contributed by atoms with Crippen LogP contribution in [-0.2, 0) is 6.42 Å². The van der Waals surface area contributed by atoms with Gasteiger partial charge in [-0.05, 0) is 50.0 Å². The predicted octanol–water partition coefficient (Wildman–Crippen LogP) is 2.87. The molecule has 5 heteroatoms. The van der Waals surface area contributed by atoms with Gasteiger partial charge in [-0.1, -0.05) is 20.3 Å². The zero-order chi connectivity index (χ0) is 17.5.